The number of thiocarbonyl (C=S) groups is 1. The van der Waals surface area contributed by atoms with E-state index >= 15 is 0 Å². The van der Waals surface area contributed by atoms with Crippen LogP contribution in [0.15, 0.2) is 0 Å². The highest BCUT2D eigenvalue weighted by Gasteiger charge is 2.04. The van der Waals surface area contributed by atoms with E-state index in [0.717, 1.165) is 13.2 Å². The van der Waals surface area contributed by atoms with Gasteiger partial charge in [-0.3, -0.25) is 0 Å². The first-order valence-electron chi connectivity index (χ1n) is 2.20. The Morgan fingerprint density at radius 2 is 2.57 bits per heavy atom. The zero-order chi connectivity index (χ0) is 5.11. The quantitative estimate of drug-likeness (QED) is 0.456. The van der Waals surface area contributed by atoms with Crippen LogP contribution in [0.1, 0.15) is 0 Å². The van der Waals surface area contributed by atoms with Crippen LogP contribution in [-0.4, -0.2) is 30.3 Å². The van der Waals surface area contributed by atoms with E-state index in [1.54, 1.807) is 5.49 Å². The largest absolute Gasteiger partial charge is 0.359 e. The molecule has 0 N–H and O–H groups in total. The van der Waals surface area contributed by atoms with Gasteiger partial charge in [0.15, 0.2) is 0 Å². The molecule has 0 aromatic carbocycles. The lowest BCUT2D eigenvalue weighted by Gasteiger charge is -2.03. The summed E-state index contributed by atoms with van der Waals surface area (Å²) >= 11 is 4.63. The van der Waals surface area contributed by atoms with E-state index in [-0.39, 0.29) is 0 Å². The van der Waals surface area contributed by atoms with Crippen LogP contribution in [0.3, 0.4) is 0 Å². The molecule has 40 valence electrons. The highest BCUT2D eigenvalue weighted by molar-refractivity contribution is 7.78. The van der Waals surface area contributed by atoms with E-state index in [1.165, 1.54) is 0 Å². The Bertz CT molecular complexity index is 70.1. The summed E-state index contributed by atoms with van der Waals surface area (Å²) in [4.78, 5) is 1.95. The van der Waals surface area contributed by atoms with Gasteiger partial charge in [-0.25, -0.2) is 0 Å². The van der Waals surface area contributed by atoms with E-state index in [1.807, 2.05) is 4.90 Å². The van der Waals surface area contributed by atoms with Crippen molar-refractivity contribution in [1.29, 1.82) is 0 Å². The molecule has 0 radical (unpaired) electrons. The number of nitrogens with zero attached hydrogens (tertiary/aromatic N) is 1. The molecule has 0 aromatic rings. The van der Waals surface area contributed by atoms with Crippen LogP contribution in [0.2, 0.25) is 0 Å². The standard InChI is InChI=1S/C4H7NOS/c7-4-5-1-2-6-3-5/h4H,1-3H2. The van der Waals surface area contributed by atoms with Crippen molar-refractivity contribution >= 4 is 17.7 Å². The van der Waals surface area contributed by atoms with Crippen molar-refractivity contribution in [2.24, 2.45) is 0 Å². The molecule has 1 saturated heterocycles. The Labute approximate surface area is 48.1 Å². The Hall–Kier alpha value is -0.150. The molecule has 7 heavy (non-hydrogen) atoms. The molecule has 3 heteroatoms. The maximum absolute atomic E-state index is 4.98. The minimum Gasteiger partial charge on any atom is -0.359 e. The fourth-order valence-corrected chi connectivity index (χ4v) is 0.678. The Kier molecular flexibility index (Phi) is 1.59. The van der Waals surface area contributed by atoms with Crippen molar-refractivity contribution < 1.29 is 4.74 Å². The molecule has 0 bridgehead atoms. The molecule has 1 heterocycles. The van der Waals surface area contributed by atoms with E-state index in [2.05, 4.69) is 12.2 Å². The third-order valence-corrected chi connectivity index (χ3v) is 1.23. The van der Waals surface area contributed by atoms with E-state index < -0.39 is 0 Å². The molecular formula is C4H7NOS. The minimum atomic E-state index is 0.684. The van der Waals surface area contributed by atoms with Gasteiger partial charge in [0.1, 0.15) is 6.73 Å². The molecule has 0 saturated carbocycles. The maximum atomic E-state index is 4.98. The third-order valence-electron chi connectivity index (χ3n) is 0.929. The van der Waals surface area contributed by atoms with Crippen LogP contribution in [0, 0.1) is 0 Å². The predicted molar refractivity (Wildman–Crippen MR) is 31.2 cm³/mol. The minimum absolute atomic E-state index is 0.684. The summed E-state index contributed by atoms with van der Waals surface area (Å²) in [7, 11) is 0. The van der Waals surface area contributed by atoms with Gasteiger partial charge in [0.05, 0.1) is 12.1 Å². The van der Waals surface area contributed by atoms with Crippen LogP contribution < -0.4 is 0 Å². The molecule has 1 aliphatic rings. The van der Waals surface area contributed by atoms with Gasteiger partial charge < -0.3 is 9.64 Å². The fraction of sp³-hybridized carbons (Fsp3) is 0.750. The summed E-state index contributed by atoms with van der Waals surface area (Å²) in [5.74, 6) is 0. The molecule has 0 spiro atoms. The number of ether oxygens (including phenoxy) is 1. The normalized spacial score (nSPS) is 20.3. The third kappa shape index (κ3) is 1.11. The van der Waals surface area contributed by atoms with Crippen LogP contribution in [0.4, 0.5) is 0 Å². The van der Waals surface area contributed by atoms with Gasteiger partial charge in [-0.05, 0) is 0 Å². The second-order valence-electron chi connectivity index (χ2n) is 1.46. The number of hydrogen-bond acceptors (Lipinski definition) is 2. The molecule has 0 aliphatic carbocycles. The summed E-state index contributed by atoms with van der Waals surface area (Å²) in [5, 5.41) is 0. The lowest BCUT2D eigenvalue weighted by Crippen LogP contribution is -2.15. The SMILES string of the molecule is S=CN1CCOC1. The summed E-state index contributed by atoms with van der Waals surface area (Å²) < 4.78 is 4.98. The van der Waals surface area contributed by atoms with Crippen LogP contribution in [-0.2, 0) is 4.74 Å². The molecule has 1 aliphatic heterocycles. The van der Waals surface area contributed by atoms with Crippen molar-refractivity contribution in [1.82, 2.24) is 4.90 Å². The molecule has 1 rings (SSSR count). The molecule has 1 fully saturated rings. The molecule has 0 atom stereocenters. The highest BCUT2D eigenvalue weighted by atomic mass is 32.1. The zero-order valence-electron chi connectivity index (χ0n) is 3.96. The van der Waals surface area contributed by atoms with Gasteiger partial charge >= 0.3 is 0 Å². The zero-order valence-corrected chi connectivity index (χ0v) is 4.78. The predicted octanol–water partition coefficient (Wildman–Crippen LogP) is 0.233. The molecular weight excluding hydrogens is 110 g/mol. The highest BCUT2D eigenvalue weighted by Crippen LogP contribution is 1.93. The topological polar surface area (TPSA) is 12.5 Å². The number of hydrogen-bond donors (Lipinski definition) is 0. The fourth-order valence-electron chi connectivity index (χ4n) is 0.511. The van der Waals surface area contributed by atoms with Crippen LogP contribution in [0.5, 0.6) is 0 Å². The monoisotopic (exact) mass is 117 g/mol. The molecule has 0 aromatic heterocycles. The first kappa shape index (κ1) is 5.00. The molecule has 0 amide bonds. The number of rotatable bonds is 1. The van der Waals surface area contributed by atoms with Crippen molar-refractivity contribution in [2.45, 2.75) is 0 Å². The van der Waals surface area contributed by atoms with Crippen molar-refractivity contribution in [3.05, 3.63) is 0 Å². The average Bonchev–Trinajstić information content (AvgIpc) is 2.14. The van der Waals surface area contributed by atoms with Gasteiger partial charge in [-0.1, -0.05) is 12.2 Å². The maximum Gasteiger partial charge on any atom is 0.119 e. The first-order chi connectivity index (χ1) is 3.43. The van der Waals surface area contributed by atoms with Crippen molar-refractivity contribution in [3.63, 3.8) is 0 Å². The van der Waals surface area contributed by atoms with E-state index in [9.17, 15) is 0 Å². The van der Waals surface area contributed by atoms with Gasteiger partial charge in [0, 0.05) is 6.54 Å². The summed E-state index contributed by atoms with van der Waals surface area (Å²) in [5.41, 5.74) is 1.63. The average molecular weight is 117 g/mol. The lowest BCUT2D eigenvalue weighted by atomic mass is 10.7. The Balaban J connectivity index is 2.26. The summed E-state index contributed by atoms with van der Waals surface area (Å²) in [6.45, 7) is 2.47. The lowest BCUT2D eigenvalue weighted by molar-refractivity contribution is 0.171. The molecule has 2 nitrogen and oxygen atoms in total. The van der Waals surface area contributed by atoms with Crippen molar-refractivity contribution in [2.75, 3.05) is 19.9 Å². The van der Waals surface area contributed by atoms with Crippen LogP contribution >= 0.6 is 12.2 Å². The van der Waals surface area contributed by atoms with E-state index in [0.29, 0.717) is 6.73 Å². The van der Waals surface area contributed by atoms with E-state index in [4.69, 9.17) is 4.74 Å². The van der Waals surface area contributed by atoms with Crippen molar-refractivity contribution in [3.8, 4) is 0 Å². The smallest absolute Gasteiger partial charge is 0.119 e. The van der Waals surface area contributed by atoms with Gasteiger partial charge in [-0.15, -0.1) is 0 Å². The summed E-state index contributed by atoms with van der Waals surface area (Å²) in [6.07, 6.45) is 0. The summed E-state index contributed by atoms with van der Waals surface area (Å²) in [6, 6.07) is 0. The second-order valence-corrected chi connectivity index (χ2v) is 1.67. The second kappa shape index (κ2) is 2.23. The van der Waals surface area contributed by atoms with Gasteiger partial charge in [0.25, 0.3) is 0 Å². The first-order valence-corrected chi connectivity index (χ1v) is 2.68. The Morgan fingerprint density at radius 3 is 2.86 bits per heavy atom. The van der Waals surface area contributed by atoms with Gasteiger partial charge in [0.2, 0.25) is 0 Å². The van der Waals surface area contributed by atoms with Gasteiger partial charge in [-0.2, -0.15) is 0 Å². The van der Waals surface area contributed by atoms with Crippen LogP contribution in [0.25, 0.3) is 0 Å². The molecule has 0 unspecified atom stereocenters. The Morgan fingerprint density at radius 1 is 1.71 bits per heavy atom.